The molecule has 0 saturated carbocycles. The van der Waals surface area contributed by atoms with Crippen LogP contribution in [0.15, 0.2) is 23.3 Å². The van der Waals surface area contributed by atoms with E-state index in [-0.39, 0.29) is 11.3 Å². The molecular weight excluding hydrogens is 332 g/mol. The smallest absolute Gasteiger partial charge is 0.191 e. The SMILES string of the molecule is C/C(=C\C(O)CCO[Si](C)(C)C(C)(C)C)CC/C=C(\C)C1OCCO1. The fourth-order valence-corrected chi connectivity index (χ4v) is 3.45. The average molecular weight is 371 g/mol. The Labute approximate surface area is 155 Å². The van der Waals surface area contributed by atoms with Crippen molar-refractivity contribution in [2.24, 2.45) is 0 Å². The van der Waals surface area contributed by atoms with Crippen molar-refractivity contribution < 1.29 is 19.0 Å². The van der Waals surface area contributed by atoms with Crippen LogP contribution in [0.2, 0.25) is 18.1 Å². The van der Waals surface area contributed by atoms with Crippen molar-refractivity contribution in [2.45, 2.75) is 84.4 Å². The molecule has 0 aromatic rings. The maximum atomic E-state index is 10.2. The summed E-state index contributed by atoms with van der Waals surface area (Å²) in [7, 11) is -1.72. The van der Waals surface area contributed by atoms with Crippen molar-refractivity contribution >= 4 is 8.32 Å². The van der Waals surface area contributed by atoms with Crippen LogP contribution in [0.1, 0.15) is 53.9 Å². The third-order valence-corrected chi connectivity index (χ3v) is 9.70. The highest BCUT2D eigenvalue weighted by Crippen LogP contribution is 2.36. The van der Waals surface area contributed by atoms with Crippen LogP contribution in [-0.4, -0.2) is 45.6 Å². The zero-order valence-electron chi connectivity index (χ0n) is 17.2. The Morgan fingerprint density at radius 1 is 1.24 bits per heavy atom. The number of allylic oxidation sites excluding steroid dienone is 2. The van der Waals surface area contributed by atoms with Gasteiger partial charge in [-0.05, 0) is 56.8 Å². The summed E-state index contributed by atoms with van der Waals surface area (Å²) in [5.74, 6) is 0. The molecule has 0 aromatic heterocycles. The summed E-state index contributed by atoms with van der Waals surface area (Å²) in [6, 6.07) is 0. The van der Waals surface area contributed by atoms with Gasteiger partial charge in [0.15, 0.2) is 14.6 Å². The topological polar surface area (TPSA) is 47.9 Å². The van der Waals surface area contributed by atoms with E-state index in [1.165, 1.54) is 5.57 Å². The van der Waals surface area contributed by atoms with Crippen LogP contribution in [-0.2, 0) is 13.9 Å². The van der Waals surface area contributed by atoms with Crippen molar-refractivity contribution in [3.05, 3.63) is 23.3 Å². The highest BCUT2D eigenvalue weighted by Gasteiger charge is 2.36. The number of aliphatic hydroxyl groups excluding tert-OH is 1. The normalized spacial score (nSPS) is 19.5. The summed E-state index contributed by atoms with van der Waals surface area (Å²) >= 11 is 0. The maximum absolute atomic E-state index is 10.2. The first-order chi connectivity index (χ1) is 11.5. The summed E-state index contributed by atoms with van der Waals surface area (Å²) in [5.41, 5.74) is 2.34. The number of ether oxygens (including phenoxy) is 2. The lowest BCUT2D eigenvalue weighted by atomic mass is 10.1. The number of rotatable bonds is 9. The molecule has 1 atom stereocenters. The highest BCUT2D eigenvalue weighted by atomic mass is 28.4. The van der Waals surface area contributed by atoms with E-state index >= 15 is 0 Å². The van der Waals surface area contributed by atoms with E-state index in [9.17, 15) is 5.11 Å². The van der Waals surface area contributed by atoms with Crippen molar-refractivity contribution in [3.63, 3.8) is 0 Å². The predicted molar refractivity (Wildman–Crippen MR) is 106 cm³/mol. The zero-order chi connectivity index (χ0) is 19.1. The molecule has 0 radical (unpaired) electrons. The van der Waals surface area contributed by atoms with Gasteiger partial charge in [-0.25, -0.2) is 0 Å². The predicted octanol–water partition coefficient (Wildman–Crippen LogP) is 4.80. The number of hydrogen-bond donors (Lipinski definition) is 1. The second kappa shape index (κ2) is 10.0. The van der Waals surface area contributed by atoms with Crippen LogP contribution in [0.25, 0.3) is 0 Å². The first kappa shape index (κ1) is 22.6. The van der Waals surface area contributed by atoms with Crippen LogP contribution >= 0.6 is 0 Å². The van der Waals surface area contributed by atoms with Gasteiger partial charge in [0.2, 0.25) is 0 Å². The molecule has 5 heteroatoms. The van der Waals surface area contributed by atoms with E-state index in [1.807, 2.05) is 13.0 Å². The van der Waals surface area contributed by atoms with Gasteiger partial charge in [-0.3, -0.25) is 0 Å². The molecule has 0 bridgehead atoms. The minimum atomic E-state index is -1.72. The molecule has 4 nitrogen and oxygen atoms in total. The minimum absolute atomic E-state index is 0.164. The number of hydrogen-bond acceptors (Lipinski definition) is 4. The van der Waals surface area contributed by atoms with Gasteiger partial charge in [-0.2, -0.15) is 0 Å². The third-order valence-electron chi connectivity index (χ3n) is 5.16. The van der Waals surface area contributed by atoms with Gasteiger partial charge in [0.25, 0.3) is 0 Å². The van der Waals surface area contributed by atoms with E-state index in [0.717, 1.165) is 18.4 Å². The lowest BCUT2D eigenvalue weighted by molar-refractivity contribution is -0.0112. The Bertz CT molecular complexity index is 457. The summed E-state index contributed by atoms with van der Waals surface area (Å²) in [5, 5.41) is 10.4. The first-order valence-corrected chi connectivity index (χ1v) is 12.3. The van der Waals surface area contributed by atoms with E-state index in [0.29, 0.717) is 26.2 Å². The molecule has 25 heavy (non-hydrogen) atoms. The van der Waals surface area contributed by atoms with Crippen LogP contribution in [0, 0.1) is 0 Å². The largest absolute Gasteiger partial charge is 0.417 e. The van der Waals surface area contributed by atoms with Crippen molar-refractivity contribution in [1.82, 2.24) is 0 Å². The summed E-state index contributed by atoms with van der Waals surface area (Å²) < 4.78 is 17.1. The summed E-state index contributed by atoms with van der Waals surface area (Å²) in [4.78, 5) is 0. The van der Waals surface area contributed by atoms with E-state index in [4.69, 9.17) is 13.9 Å². The van der Waals surface area contributed by atoms with Crippen LogP contribution in [0.3, 0.4) is 0 Å². The Kier molecular flexibility index (Phi) is 9.05. The van der Waals surface area contributed by atoms with Gasteiger partial charge in [-0.15, -0.1) is 0 Å². The Hall–Kier alpha value is -0.463. The van der Waals surface area contributed by atoms with Gasteiger partial charge in [0.05, 0.1) is 19.3 Å². The minimum Gasteiger partial charge on any atom is -0.417 e. The van der Waals surface area contributed by atoms with Gasteiger partial charge in [-0.1, -0.05) is 38.5 Å². The molecule has 146 valence electrons. The second-order valence-corrected chi connectivity index (χ2v) is 13.3. The van der Waals surface area contributed by atoms with Crippen molar-refractivity contribution in [2.75, 3.05) is 19.8 Å². The fourth-order valence-electron chi connectivity index (χ4n) is 2.39. The van der Waals surface area contributed by atoms with Crippen LogP contribution in [0.4, 0.5) is 0 Å². The number of aliphatic hydroxyl groups is 1. The molecule has 1 N–H and O–H groups in total. The highest BCUT2D eigenvalue weighted by molar-refractivity contribution is 6.74. The molecule has 0 aromatic carbocycles. The Balaban J connectivity index is 2.31. The molecule has 0 spiro atoms. The molecule has 0 aliphatic carbocycles. The molecular formula is C20H38O4Si. The van der Waals surface area contributed by atoms with Gasteiger partial charge in [0, 0.05) is 6.61 Å². The molecule has 0 amide bonds. The van der Waals surface area contributed by atoms with E-state index in [1.54, 1.807) is 0 Å². The quantitative estimate of drug-likeness (QED) is 0.467. The lowest BCUT2D eigenvalue weighted by Gasteiger charge is -2.36. The summed E-state index contributed by atoms with van der Waals surface area (Å²) in [6.07, 6.45) is 6.05. The second-order valence-electron chi connectivity index (χ2n) is 8.54. The van der Waals surface area contributed by atoms with Gasteiger partial charge < -0.3 is 19.0 Å². The average Bonchev–Trinajstić information content (AvgIpc) is 2.99. The standard InChI is InChI=1S/C20H38O4Si/c1-16(9-8-10-17(2)19-22-13-14-23-19)15-18(21)11-12-24-25(6,7)20(3,4)5/h10,15,18-19,21H,8-9,11-14H2,1-7H3/b16-15+,17-10+. The fraction of sp³-hybridized carbons (Fsp3) is 0.800. The molecule has 1 unspecified atom stereocenters. The first-order valence-electron chi connectivity index (χ1n) is 9.42. The van der Waals surface area contributed by atoms with E-state index < -0.39 is 14.4 Å². The molecule has 1 saturated heterocycles. The van der Waals surface area contributed by atoms with Gasteiger partial charge in [0.1, 0.15) is 0 Å². The third kappa shape index (κ3) is 8.18. The van der Waals surface area contributed by atoms with Crippen molar-refractivity contribution in [1.29, 1.82) is 0 Å². The maximum Gasteiger partial charge on any atom is 0.191 e. The zero-order valence-corrected chi connectivity index (χ0v) is 18.2. The molecule has 1 aliphatic heterocycles. The molecule has 1 aliphatic rings. The Morgan fingerprint density at radius 3 is 2.40 bits per heavy atom. The molecule has 1 rings (SSSR count). The monoisotopic (exact) mass is 370 g/mol. The summed E-state index contributed by atoms with van der Waals surface area (Å²) in [6.45, 7) is 17.3. The van der Waals surface area contributed by atoms with Gasteiger partial charge >= 0.3 is 0 Å². The van der Waals surface area contributed by atoms with Crippen LogP contribution < -0.4 is 0 Å². The lowest BCUT2D eigenvalue weighted by Crippen LogP contribution is -2.41. The molecule has 1 fully saturated rings. The Morgan fingerprint density at radius 2 is 1.84 bits per heavy atom. The van der Waals surface area contributed by atoms with Crippen molar-refractivity contribution in [3.8, 4) is 0 Å². The van der Waals surface area contributed by atoms with Crippen LogP contribution in [0.5, 0.6) is 0 Å². The van der Waals surface area contributed by atoms with E-state index in [2.05, 4.69) is 46.9 Å². The molecule has 1 heterocycles.